The van der Waals surface area contributed by atoms with E-state index in [1.165, 1.54) is 0 Å². The Morgan fingerprint density at radius 1 is 1.39 bits per heavy atom. The van der Waals surface area contributed by atoms with Gasteiger partial charge in [0.2, 0.25) is 11.7 Å². The van der Waals surface area contributed by atoms with E-state index in [1.54, 1.807) is 12.1 Å². The number of benzene rings is 1. The van der Waals surface area contributed by atoms with Gasteiger partial charge < -0.3 is 10.3 Å². The lowest BCUT2D eigenvalue weighted by molar-refractivity contribution is 0.335. The van der Waals surface area contributed by atoms with Gasteiger partial charge in [-0.2, -0.15) is 4.98 Å². The molecule has 0 spiro atoms. The standard InChI is InChI=1S/C13H16ClN3O/c1-8(2)6-11(15)13-16-12(17-18-13)9-4-3-5-10(14)7-9/h3-5,7-8,11H,6,15H2,1-2H3. The summed E-state index contributed by atoms with van der Waals surface area (Å²) in [6.45, 7) is 4.21. The lowest BCUT2D eigenvalue weighted by Crippen LogP contribution is -2.13. The highest BCUT2D eigenvalue weighted by Gasteiger charge is 2.16. The molecule has 4 nitrogen and oxygen atoms in total. The molecule has 1 aromatic carbocycles. The van der Waals surface area contributed by atoms with Crippen LogP contribution in [-0.2, 0) is 0 Å². The molecule has 1 heterocycles. The highest BCUT2D eigenvalue weighted by molar-refractivity contribution is 6.30. The average Bonchev–Trinajstić information content (AvgIpc) is 2.77. The van der Waals surface area contributed by atoms with Crippen LogP contribution >= 0.6 is 11.6 Å². The fraction of sp³-hybridized carbons (Fsp3) is 0.385. The van der Waals surface area contributed by atoms with E-state index in [1.807, 2.05) is 12.1 Å². The predicted molar refractivity (Wildman–Crippen MR) is 71.1 cm³/mol. The molecule has 0 aliphatic carbocycles. The second kappa shape index (κ2) is 5.50. The molecule has 0 aliphatic heterocycles. The van der Waals surface area contributed by atoms with Gasteiger partial charge in [-0.15, -0.1) is 0 Å². The molecule has 0 amide bonds. The Morgan fingerprint density at radius 2 is 2.17 bits per heavy atom. The first-order valence-electron chi connectivity index (χ1n) is 5.91. The van der Waals surface area contributed by atoms with E-state index in [0.717, 1.165) is 12.0 Å². The molecule has 5 heteroatoms. The van der Waals surface area contributed by atoms with Crippen LogP contribution in [0.5, 0.6) is 0 Å². The highest BCUT2D eigenvalue weighted by atomic mass is 35.5. The Hall–Kier alpha value is -1.39. The van der Waals surface area contributed by atoms with Crippen molar-refractivity contribution in [2.45, 2.75) is 26.3 Å². The zero-order valence-electron chi connectivity index (χ0n) is 10.4. The molecule has 1 unspecified atom stereocenters. The number of hydrogen-bond donors (Lipinski definition) is 1. The smallest absolute Gasteiger partial charge is 0.243 e. The molecule has 2 aromatic rings. The number of rotatable bonds is 4. The van der Waals surface area contributed by atoms with Crippen molar-refractivity contribution in [3.63, 3.8) is 0 Å². The summed E-state index contributed by atoms with van der Waals surface area (Å²) in [5, 5.41) is 4.57. The second-order valence-corrected chi connectivity index (χ2v) is 5.14. The quantitative estimate of drug-likeness (QED) is 0.920. The van der Waals surface area contributed by atoms with Gasteiger partial charge in [-0.3, -0.25) is 0 Å². The summed E-state index contributed by atoms with van der Waals surface area (Å²) < 4.78 is 5.19. The van der Waals surface area contributed by atoms with Gasteiger partial charge in [0.1, 0.15) is 0 Å². The molecule has 0 bridgehead atoms. The number of hydrogen-bond acceptors (Lipinski definition) is 4. The van der Waals surface area contributed by atoms with Crippen molar-refractivity contribution in [3.05, 3.63) is 35.2 Å². The SMILES string of the molecule is CC(C)CC(N)c1nc(-c2cccc(Cl)c2)no1. The third kappa shape index (κ3) is 3.09. The van der Waals surface area contributed by atoms with Crippen LogP contribution in [0.4, 0.5) is 0 Å². The fourth-order valence-corrected chi connectivity index (χ4v) is 1.93. The molecule has 1 atom stereocenters. The van der Waals surface area contributed by atoms with Gasteiger partial charge in [-0.05, 0) is 24.5 Å². The van der Waals surface area contributed by atoms with E-state index >= 15 is 0 Å². The average molecular weight is 266 g/mol. The minimum absolute atomic E-state index is 0.217. The predicted octanol–water partition coefficient (Wildman–Crippen LogP) is 3.44. The maximum atomic E-state index is 5.99. The maximum Gasteiger partial charge on any atom is 0.243 e. The Kier molecular flexibility index (Phi) is 3.99. The largest absolute Gasteiger partial charge is 0.337 e. The van der Waals surface area contributed by atoms with E-state index in [0.29, 0.717) is 22.7 Å². The Labute approximate surface area is 111 Å². The topological polar surface area (TPSA) is 64.9 Å². The molecule has 96 valence electrons. The summed E-state index contributed by atoms with van der Waals surface area (Å²) in [5.41, 5.74) is 6.82. The Morgan fingerprint density at radius 3 is 2.83 bits per heavy atom. The summed E-state index contributed by atoms with van der Waals surface area (Å²) in [5.74, 6) is 1.48. The summed E-state index contributed by atoms with van der Waals surface area (Å²) >= 11 is 5.92. The Balaban J connectivity index is 2.20. The normalized spacial score (nSPS) is 12.9. The Bertz CT molecular complexity index is 524. The minimum atomic E-state index is -0.217. The number of nitrogens with zero attached hydrogens (tertiary/aromatic N) is 2. The van der Waals surface area contributed by atoms with Crippen LogP contribution in [0.3, 0.4) is 0 Å². The summed E-state index contributed by atoms with van der Waals surface area (Å²) in [7, 11) is 0. The fourth-order valence-electron chi connectivity index (χ4n) is 1.74. The molecule has 0 saturated carbocycles. The molecule has 2 N–H and O–H groups in total. The van der Waals surface area contributed by atoms with Gasteiger partial charge in [0, 0.05) is 10.6 Å². The molecule has 1 aromatic heterocycles. The zero-order chi connectivity index (χ0) is 13.1. The van der Waals surface area contributed by atoms with Crippen LogP contribution in [0, 0.1) is 5.92 Å². The van der Waals surface area contributed by atoms with E-state index in [9.17, 15) is 0 Å². The number of aromatic nitrogens is 2. The highest BCUT2D eigenvalue weighted by Crippen LogP contribution is 2.23. The van der Waals surface area contributed by atoms with Crippen LogP contribution in [0.25, 0.3) is 11.4 Å². The molecular weight excluding hydrogens is 250 g/mol. The summed E-state index contributed by atoms with van der Waals surface area (Å²) in [6.07, 6.45) is 0.817. The second-order valence-electron chi connectivity index (χ2n) is 4.70. The van der Waals surface area contributed by atoms with Crippen LogP contribution in [-0.4, -0.2) is 10.1 Å². The first-order valence-corrected chi connectivity index (χ1v) is 6.29. The van der Waals surface area contributed by atoms with Gasteiger partial charge in [0.25, 0.3) is 0 Å². The molecule has 0 radical (unpaired) electrons. The van der Waals surface area contributed by atoms with Crippen molar-refractivity contribution in [2.75, 3.05) is 0 Å². The minimum Gasteiger partial charge on any atom is -0.337 e. The lowest BCUT2D eigenvalue weighted by atomic mass is 10.0. The molecule has 0 fully saturated rings. The summed E-state index contributed by atoms with van der Waals surface area (Å²) in [6, 6.07) is 7.11. The molecule has 2 rings (SSSR count). The van der Waals surface area contributed by atoms with Crippen LogP contribution in [0.15, 0.2) is 28.8 Å². The van der Waals surface area contributed by atoms with E-state index in [2.05, 4.69) is 24.0 Å². The van der Waals surface area contributed by atoms with E-state index in [-0.39, 0.29) is 6.04 Å². The number of nitrogens with two attached hydrogens (primary N) is 1. The van der Waals surface area contributed by atoms with Crippen molar-refractivity contribution in [2.24, 2.45) is 11.7 Å². The monoisotopic (exact) mass is 265 g/mol. The van der Waals surface area contributed by atoms with E-state index in [4.69, 9.17) is 21.9 Å². The molecule has 18 heavy (non-hydrogen) atoms. The van der Waals surface area contributed by atoms with Crippen molar-refractivity contribution in [3.8, 4) is 11.4 Å². The first kappa shape index (κ1) is 13.1. The van der Waals surface area contributed by atoms with Gasteiger partial charge in [0.15, 0.2) is 0 Å². The number of halogens is 1. The lowest BCUT2D eigenvalue weighted by Gasteiger charge is -2.08. The molecule has 0 saturated heterocycles. The zero-order valence-corrected chi connectivity index (χ0v) is 11.2. The van der Waals surface area contributed by atoms with E-state index < -0.39 is 0 Å². The van der Waals surface area contributed by atoms with Crippen molar-refractivity contribution in [1.82, 2.24) is 10.1 Å². The molecular formula is C13H16ClN3O. The third-order valence-electron chi connectivity index (χ3n) is 2.57. The summed E-state index contributed by atoms with van der Waals surface area (Å²) in [4.78, 5) is 4.31. The van der Waals surface area contributed by atoms with Crippen molar-refractivity contribution in [1.29, 1.82) is 0 Å². The van der Waals surface area contributed by atoms with Crippen LogP contribution in [0.2, 0.25) is 5.02 Å². The third-order valence-corrected chi connectivity index (χ3v) is 2.80. The van der Waals surface area contributed by atoms with Crippen LogP contribution < -0.4 is 5.73 Å². The van der Waals surface area contributed by atoms with Crippen molar-refractivity contribution >= 4 is 11.6 Å². The van der Waals surface area contributed by atoms with Gasteiger partial charge in [0.05, 0.1) is 6.04 Å². The molecule has 0 aliphatic rings. The first-order chi connectivity index (χ1) is 8.56. The van der Waals surface area contributed by atoms with Gasteiger partial charge in [-0.25, -0.2) is 0 Å². The van der Waals surface area contributed by atoms with Gasteiger partial charge >= 0.3 is 0 Å². The van der Waals surface area contributed by atoms with Gasteiger partial charge in [-0.1, -0.05) is 42.7 Å². The van der Waals surface area contributed by atoms with Crippen LogP contribution in [0.1, 0.15) is 32.2 Å². The maximum absolute atomic E-state index is 5.99. The van der Waals surface area contributed by atoms with Crippen molar-refractivity contribution < 1.29 is 4.52 Å².